The van der Waals surface area contributed by atoms with Crippen molar-refractivity contribution in [2.24, 2.45) is 11.8 Å². The second-order valence-corrected chi connectivity index (χ2v) is 6.86. The van der Waals surface area contributed by atoms with Gasteiger partial charge in [0.05, 0.1) is 6.07 Å². The summed E-state index contributed by atoms with van der Waals surface area (Å²) in [4.78, 5) is 1.29. The second kappa shape index (κ2) is 6.92. The Morgan fingerprint density at radius 1 is 1.28 bits per heavy atom. The van der Waals surface area contributed by atoms with Crippen LogP contribution in [0.15, 0.2) is 17.5 Å². The van der Waals surface area contributed by atoms with Crippen molar-refractivity contribution in [1.82, 2.24) is 5.32 Å². The summed E-state index contributed by atoms with van der Waals surface area (Å²) in [5.41, 5.74) is -0.383. The van der Waals surface area contributed by atoms with E-state index in [1.807, 2.05) is 0 Å². The van der Waals surface area contributed by atoms with Gasteiger partial charge in [-0.25, -0.2) is 0 Å². The van der Waals surface area contributed by atoms with Gasteiger partial charge in [0, 0.05) is 11.4 Å². The summed E-state index contributed by atoms with van der Waals surface area (Å²) in [6.07, 6.45) is 1.82. The maximum Gasteiger partial charge on any atom is 0.107 e. The average molecular weight is 264 g/mol. The third-order valence-electron chi connectivity index (χ3n) is 2.91. The van der Waals surface area contributed by atoms with E-state index in [1.54, 1.807) is 11.3 Å². The molecule has 0 aliphatic rings. The van der Waals surface area contributed by atoms with Crippen molar-refractivity contribution in [2.45, 2.75) is 52.6 Å². The first kappa shape index (κ1) is 15.2. The van der Waals surface area contributed by atoms with Crippen molar-refractivity contribution in [3.05, 3.63) is 22.4 Å². The zero-order valence-electron chi connectivity index (χ0n) is 11.9. The molecule has 0 amide bonds. The van der Waals surface area contributed by atoms with Crippen molar-refractivity contribution in [1.29, 1.82) is 5.26 Å². The molecule has 18 heavy (non-hydrogen) atoms. The summed E-state index contributed by atoms with van der Waals surface area (Å²) in [6, 6.07) is 6.71. The van der Waals surface area contributed by atoms with Crippen molar-refractivity contribution < 1.29 is 0 Å². The van der Waals surface area contributed by atoms with E-state index >= 15 is 0 Å². The first-order valence-corrected chi connectivity index (χ1v) is 7.54. The number of hydrogen-bond acceptors (Lipinski definition) is 3. The van der Waals surface area contributed by atoms with E-state index < -0.39 is 0 Å². The van der Waals surface area contributed by atoms with Gasteiger partial charge in [-0.05, 0) is 36.1 Å². The molecule has 3 heteroatoms. The van der Waals surface area contributed by atoms with Crippen LogP contribution in [0.25, 0.3) is 0 Å². The minimum Gasteiger partial charge on any atom is -0.294 e. The third kappa shape index (κ3) is 4.80. The Labute approximate surface area is 115 Å². The highest BCUT2D eigenvalue weighted by Crippen LogP contribution is 2.25. The minimum atomic E-state index is -0.383. The highest BCUT2D eigenvalue weighted by Gasteiger charge is 2.31. The zero-order valence-corrected chi connectivity index (χ0v) is 12.7. The lowest BCUT2D eigenvalue weighted by Gasteiger charge is -2.31. The fourth-order valence-corrected chi connectivity index (χ4v) is 3.07. The van der Waals surface area contributed by atoms with Crippen molar-refractivity contribution in [3.8, 4) is 6.07 Å². The smallest absolute Gasteiger partial charge is 0.107 e. The Hall–Kier alpha value is -0.850. The number of thiophene rings is 1. The number of rotatable bonds is 7. The molecule has 0 aliphatic heterocycles. The number of hydrogen-bond donors (Lipinski definition) is 1. The molecule has 2 nitrogen and oxygen atoms in total. The van der Waals surface area contributed by atoms with E-state index in [0.29, 0.717) is 11.8 Å². The molecule has 0 aromatic carbocycles. The van der Waals surface area contributed by atoms with E-state index in [1.165, 1.54) is 4.88 Å². The fraction of sp³-hybridized carbons (Fsp3) is 0.667. The lowest BCUT2D eigenvalue weighted by molar-refractivity contribution is 0.285. The van der Waals surface area contributed by atoms with Crippen molar-refractivity contribution >= 4 is 11.3 Å². The molecule has 100 valence electrons. The maximum atomic E-state index is 9.59. The predicted molar refractivity (Wildman–Crippen MR) is 78.4 cm³/mol. The van der Waals surface area contributed by atoms with Gasteiger partial charge < -0.3 is 0 Å². The van der Waals surface area contributed by atoms with Gasteiger partial charge in [-0.2, -0.15) is 5.26 Å². The largest absolute Gasteiger partial charge is 0.294 e. The van der Waals surface area contributed by atoms with E-state index in [4.69, 9.17) is 0 Å². The summed E-state index contributed by atoms with van der Waals surface area (Å²) in [5, 5.41) is 15.2. The van der Waals surface area contributed by atoms with Crippen molar-refractivity contribution in [3.63, 3.8) is 0 Å². The molecule has 1 aromatic heterocycles. The molecule has 0 atom stereocenters. The van der Waals surface area contributed by atoms with Gasteiger partial charge in [0.25, 0.3) is 0 Å². The summed E-state index contributed by atoms with van der Waals surface area (Å²) < 4.78 is 0. The standard InChI is InChI=1S/C15H24N2S/c1-12(2)8-15(11-16,9-13(3)4)17-10-14-6-5-7-18-14/h5-7,12-13,17H,8-10H2,1-4H3. The van der Waals surface area contributed by atoms with Crippen LogP contribution < -0.4 is 5.32 Å². The monoisotopic (exact) mass is 264 g/mol. The van der Waals surface area contributed by atoms with Crippen LogP contribution in [0.2, 0.25) is 0 Å². The first-order chi connectivity index (χ1) is 8.47. The Kier molecular flexibility index (Phi) is 5.84. The molecular formula is C15H24N2S. The minimum absolute atomic E-state index is 0.383. The van der Waals surface area contributed by atoms with Crippen LogP contribution in [0.3, 0.4) is 0 Å². The van der Waals surface area contributed by atoms with Gasteiger partial charge in [-0.15, -0.1) is 11.3 Å². The van der Waals surface area contributed by atoms with Crippen molar-refractivity contribution in [2.75, 3.05) is 0 Å². The molecular weight excluding hydrogens is 240 g/mol. The summed E-state index contributed by atoms with van der Waals surface area (Å²) >= 11 is 1.74. The van der Waals surface area contributed by atoms with Gasteiger partial charge in [0.1, 0.15) is 5.54 Å². The molecule has 0 saturated carbocycles. The molecule has 0 spiro atoms. The van der Waals surface area contributed by atoms with Gasteiger partial charge in [-0.1, -0.05) is 33.8 Å². The molecule has 1 N–H and O–H groups in total. The first-order valence-electron chi connectivity index (χ1n) is 6.66. The maximum absolute atomic E-state index is 9.59. The lowest BCUT2D eigenvalue weighted by Crippen LogP contribution is -2.45. The molecule has 0 radical (unpaired) electrons. The van der Waals surface area contributed by atoms with Crippen LogP contribution in [0, 0.1) is 23.2 Å². The van der Waals surface area contributed by atoms with Crippen LogP contribution >= 0.6 is 11.3 Å². The molecule has 0 fully saturated rings. The van der Waals surface area contributed by atoms with Crippen LogP contribution in [0.1, 0.15) is 45.4 Å². The molecule has 0 bridgehead atoms. The van der Waals surface area contributed by atoms with Crippen LogP contribution in [-0.4, -0.2) is 5.54 Å². The van der Waals surface area contributed by atoms with Crippen LogP contribution in [0.4, 0.5) is 0 Å². The highest BCUT2D eigenvalue weighted by atomic mass is 32.1. The predicted octanol–water partition coefficient (Wildman–Crippen LogP) is 4.19. The van der Waals surface area contributed by atoms with Crippen LogP contribution in [0.5, 0.6) is 0 Å². The number of nitrogens with one attached hydrogen (secondary N) is 1. The van der Waals surface area contributed by atoms with E-state index in [0.717, 1.165) is 19.4 Å². The molecule has 1 heterocycles. The van der Waals surface area contributed by atoms with Gasteiger partial charge in [0.15, 0.2) is 0 Å². The van der Waals surface area contributed by atoms with E-state index in [2.05, 4.69) is 56.6 Å². The topological polar surface area (TPSA) is 35.8 Å². The zero-order chi connectivity index (χ0) is 13.6. The Morgan fingerprint density at radius 2 is 1.89 bits per heavy atom. The Balaban J connectivity index is 2.72. The molecule has 1 aromatic rings. The summed E-state index contributed by atoms with van der Waals surface area (Å²) in [6.45, 7) is 9.52. The SMILES string of the molecule is CC(C)CC(C#N)(CC(C)C)NCc1cccs1. The van der Waals surface area contributed by atoms with Crippen LogP contribution in [-0.2, 0) is 6.54 Å². The fourth-order valence-electron chi connectivity index (χ4n) is 2.42. The third-order valence-corrected chi connectivity index (χ3v) is 3.78. The second-order valence-electron chi connectivity index (χ2n) is 5.82. The van der Waals surface area contributed by atoms with Gasteiger partial charge >= 0.3 is 0 Å². The lowest BCUT2D eigenvalue weighted by atomic mass is 9.83. The van der Waals surface area contributed by atoms with E-state index in [9.17, 15) is 5.26 Å². The molecule has 0 unspecified atom stereocenters. The molecule has 0 saturated heterocycles. The Morgan fingerprint density at radius 3 is 2.28 bits per heavy atom. The number of nitrogens with zero attached hydrogens (tertiary/aromatic N) is 1. The van der Waals surface area contributed by atoms with Gasteiger partial charge in [-0.3, -0.25) is 5.32 Å². The Bertz CT molecular complexity index is 364. The average Bonchev–Trinajstić information content (AvgIpc) is 2.77. The highest BCUT2D eigenvalue weighted by molar-refractivity contribution is 7.09. The molecule has 0 aliphatic carbocycles. The van der Waals surface area contributed by atoms with Gasteiger partial charge in [0.2, 0.25) is 0 Å². The summed E-state index contributed by atoms with van der Waals surface area (Å²) in [7, 11) is 0. The summed E-state index contributed by atoms with van der Waals surface area (Å²) in [5.74, 6) is 1.05. The van der Waals surface area contributed by atoms with E-state index in [-0.39, 0.29) is 5.54 Å². The molecule has 1 rings (SSSR count). The normalized spacial score (nSPS) is 12.1. The quantitative estimate of drug-likeness (QED) is 0.801. The number of nitriles is 1.